The van der Waals surface area contributed by atoms with E-state index >= 15 is 0 Å². The van der Waals surface area contributed by atoms with E-state index in [1.165, 1.54) is 23.9 Å². The fourth-order valence-corrected chi connectivity index (χ4v) is 1.12. The van der Waals surface area contributed by atoms with Crippen LogP contribution in [0, 0.1) is 10.1 Å². The first kappa shape index (κ1) is 14.1. The van der Waals surface area contributed by atoms with E-state index in [1.54, 1.807) is 0 Å². The number of esters is 1. The van der Waals surface area contributed by atoms with Gasteiger partial charge in [0, 0.05) is 6.92 Å². The molecule has 1 unspecified atom stereocenters. The zero-order valence-corrected chi connectivity index (χ0v) is 9.68. The van der Waals surface area contributed by atoms with E-state index < -0.39 is 17.0 Å². The standard InChI is InChI=1S/C9H13N3O6/c1-7(13)18-5-8(14)4-17-6-11-3-2-10-9(11)12(15)16/h2-3,8,14H,4-6H2,1H3. The highest BCUT2D eigenvalue weighted by atomic mass is 16.6. The van der Waals surface area contributed by atoms with Gasteiger partial charge in [0.05, 0.1) is 6.61 Å². The third kappa shape index (κ3) is 4.47. The summed E-state index contributed by atoms with van der Waals surface area (Å²) in [4.78, 5) is 23.9. The van der Waals surface area contributed by atoms with Gasteiger partial charge in [0.1, 0.15) is 25.1 Å². The Labute approximate surface area is 102 Å². The lowest BCUT2D eigenvalue weighted by atomic mass is 10.4. The Morgan fingerprint density at radius 1 is 1.67 bits per heavy atom. The molecule has 0 saturated carbocycles. The van der Waals surface area contributed by atoms with Crippen LogP contribution in [-0.4, -0.2) is 44.9 Å². The molecule has 1 N–H and O–H groups in total. The van der Waals surface area contributed by atoms with Crippen molar-refractivity contribution in [3.63, 3.8) is 0 Å². The van der Waals surface area contributed by atoms with E-state index in [-0.39, 0.29) is 25.9 Å². The van der Waals surface area contributed by atoms with Crippen LogP contribution >= 0.6 is 0 Å². The van der Waals surface area contributed by atoms with Crippen LogP contribution < -0.4 is 0 Å². The summed E-state index contributed by atoms with van der Waals surface area (Å²) in [7, 11) is 0. The molecule has 1 heterocycles. The number of ether oxygens (including phenoxy) is 2. The summed E-state index contributed by atoms with van der Waals surface area (Å²) in [5.41, 5.74) is 0. The largest absolute Gasteiger partial charge is 0.463 e. The Morgan fingerprint density at radius 3 is 3.00 bits per heavy atom. The topological polar surface area (TPSA) is 117 Å². The SMILES string of the molecule is CC(=O)OCC(O)COCn1ccnc1[N+](=O)[O-]. The Balaban J connectivity index is 2.31. The highest BCUT2D eigenvalue weighted by Gasteiger charge is 2.14. The minimum absolute atomic E-state index is 0.109. The highest BCUT2D eigenvalue weighted by molar-refractivity contribution is 5.65. The minimum atomic E-state index is -0.975. The number of hydrogen-bond donors (Lipinski definition) is 1. The van der Waals surface area contributed by atoms with Crippen LogP contribution in [0.15, 0.2) is 12.4 Å². The second-order valence-corrected chi connectivity index (χ2v) is 3.41. The predicted molar refractivity (Wildman–Crippen MR) is 57.5 cm³/mol. The fraction of sp³-hybridized carbons (Fsp3) is 0.556. The van der Waals surface area contributed by atoms with Crippen LogP contribution in [0.4, 0.5) is 5.95 Å². The average Bonchev–Trinajstić information content (AvgIpc) is 2.74. The summed E-state index contributed by atoms with van der Waals surface area (Å²) >= 11 is 0. The van der Waals surface area contributed by atoms with Gasteiger partial charge in [0.15, 0.2) is 6.73 Å². The summed E-state index contributed by atoms with van der Waals surface area (Å²) in [5.74, 6) is -0.844. The highest BCUT2D eigenvalue weighted by Crippen LogP contribution is 2.07. The van der Waals surface area contributed by atoms with E-state index in [9.17, 15) is 20.0 Å². The molecule has 1 aromatic rings. The first-order chi connectivity index (χ1) is 8.50. The van der Waals surface area contributed by atoms with Crippen molar-refractivity contribution in [3.8, 4) is 0 Å². The zero-order valence-electron chi connectivity index (χ0n) is 9.68. The average molecular weight is 259 g/mol. The molecule has 9 heteroatoms. The number of aliphatic hydroxyl groups is 1. The summed E-state index contributed by atoms with van der Waals surface area (Å²) in [6.45, 7) is 0.819. The molecule has 0 radical (unpaired) electrons. The fourth-order valence-electron chi connectivity index (χ4n) is 1.12. The Bertz CT molecular complexity index is 418. The normalized spacial score (nSPS) is 12.1. The zero-order chi connectivity index (χ0) is 13.5. The lowest BCUT2D eigenvalue weighted by Gasteiger charge is -2.10. The lowest BCUT2D eigenvalue weighted by molar-refractivity contribution is -0.397. The Kier molecular flexibility index (Phi) is 5.21. The molecule has 1 atom stereocenters. The molecule has 9 nitrogen and oxygen atoms in total. The van der Waals surface area contributed by atoms with Crippen LogP contribution in [0.25, 0.3) is 0 Å². The molecule has 0 bridgehead atoms. The van der Waals surface area contributed by atoms with Crippen molar-refractivity contribution in [1.82, 2.24) is 9.55 Å². The number of rotatable bonds is 7. The van der Waals surface area contributed by atoms with Crippen molar-refractivity contribution in [2.45, 2.75) is 19.8 Å². The van der Waals surface area contributed by atoms with Gasteiger partial charge < -0.3 is 24.7 Å². The van der Waals surface area contributed by atoms with Gasteiger partial charge in [-0.2, -0.15) is 0 Å². The predicted octanol–water partition coefficient (Wildman–Crippen LogP) is -0.311. The third-order valence-electron chi connectivity index (χ3n) is 1.88. The first-order valence-electron chi connectivity index (χ1n) is 5.05. The van der Waals surface area contributed by atoms with Crippen LogP contribution in [0.3, 0.4) is 0 Å². The molecule has 0 amide bonds. The van der Waals surface area contributed by atoms with Gasteiger partial charge in [-0.15, -0.1) is 0 Å². The number of carbonyl (C=O) groups excluding carboxylic acids is 1. The molecule has 0 saturated heterocycles. The number of imidazole rings is 1. The molecular formula is C9H13N3O6. The second kappa shape index (κ2) is 6.67. The number of aromatic nitrogens is 2. The summed E-state index contributed by atoms with van der Waals surface area (Å²) in [6.07, 6.45) is 1.68. The lowest BCUT2D eigenvalue weighted by Crippen LogP contribution is -2.23. The van der Waals surface area contributed by atoms with E-state index in [4.69, 9.17) is 4.74 Å². The maximum absolute atomic E-state index is 10.5. The summed E-state index contributed by atoms with van der Waals surface area (Å²) < 4.78 is 10.8. The van der Waals surface area contributed by atoms with Crippen molar-refractivity contribution in [2.24, 2.45) is 0 Å². The van der Waals surface area contributed by atoms with Crippen molar-refractivity contribution in [2.75, 3.05) is 13.2 Å². The Hall–Kier alpha value is -2.00. The molecule has 1 aromatic heterocycles. The molecular weight excluding hydrogens is 246 g/mol. The van der Waals surface area contributed by atoms with Crippen LogP contribution in [0.2, 0.25) is 0 Å². The third-order valence-corrected chi connectivity index (χ3v) is 1.88. The van der Waals surface area contributed by atoms with Crippen molar-refractivity contribution < 1.29 is 24.3 Å². The van der Waals surface area contributed by atoms with E-state index in [0.717, 1.165) is 0 Å². The molecule has 0 fully saturated rings. The molecule has 0 aromatic carbocycles. The van der Waals surface area contributed by atoms with Gasteiger partial charge in [0.25, 0.3) is 0 Å². The summed E-state index contributed by atoms with van der Waals surface area (Å²) in [6, 6.07) is 0. The van der Waals surface area contributed by atoms with Crippen molar-refractivity contribution in [1.29, 1.82) is 0 Å². The maximum Gasteiger partial charge on any atom is 0.436 e. The van der Waals surface area contributed by atoms with E-state index in [2.05, 4.69) is 9.72 Å². The molecule has 100 valence electrons. The molecule has 18 heavy (non-hydrogen) atoms. The molecule has 1 rings (SSSR count). The first-order valence-corrected chi connectivity index (χ1v) is 5.05. The number of carbonyl (C=O) groups is 1. The van der Waals surface area contributed by atoms with Crippen molar-refractivity contribution in [3.05, 3.63) is 22.5 Å². The molecule has 0 aliphatic carbocycles. The van der Waals surface area contributed by atoms with Crippen LogP contribution in [0.5, 0.6) is 0 Å². The quantitative estimate of drug-likeness (QED) is 0.405. The van der Waals surface area contributed by atoms with Gasteiger partial charge in [-0.1, -0.05) is 4.98 Å². The minimum Gasteiger partial charge on any atom is -0.463 e. The van der Waals surface area contributed by atoms with Gasteiger partial charge in [-0.05, 0) is 4.92 Å². The summed E-state index contributed by atoms with van der Waals surface area (Å²) in [5, 5.41) is 19.9. The number of nitrogens with zero attached hydrogens (tertiary/aromatic N) is 3. The molecule has 0 spiro atoms. The maximum atomic E-state index is 10.5. The van der Waals surface area contributed by atoms with Gasteiger partial charge in [-0.3, -0.25) is 4.79 Å². The smallest absolute Gasteiger partial charge is 0.436 e. The van der Waals surface area contributed by atoms with Gasteiger partial charge in [0.2, 0.25) is 0 Å². The van der Waals surface area contributed by atoms with Gasteiger partial charge in [-0.25, -0.2) is 4.57 Å². The molecule has 0 aliphatic heterocycles. The number of nitro groups is 1. The monoisotopic (exact) mass is 259 g/mol. The van der Waals surface area contributed by atoms with Crippen LogP contribution in [0.1, 0.15) is 6.92 Å². The number of aliphatic hydroxyl groups excluding tert-OH is 1. The van der Waals surface area contributed by atoms with Crippen LogP contribution in [-0.2, 0) is 21.0 Å². The van der Waals surface area contributed by atoms with Gasteiger partial charge >= 0.3 is 11.9 Å². The Morgan fingerprint density at radius 2 is 2.39 bits per heavy atom. The second-order valence-electron chi connectivity index (χ2n) is 3.41. The van der Waals surface area contributed by atoms with Crippen molar-refractivity contribution >= 4 is 11.9 Å². The van der Waals surface area contributed by atoms with E-state index in [0.29, 0.717) is 0 Å². The molecule has 0 aliphatic rings. The number of hydrogen-bond acceptors (Lipinski definition) is 7. The van der Waals surface area contributed by atoms with E-state index in [1.807, 2.05) is 0 Å².